The molecule has 0 aliphatic carbocycles. The number of esters is 1. The van der Waals surface area contributed by atoms with Gasteiger partial charge >= 0.3 is 5.97 Å². The van der Waals surface area contributed by atoms with Gasteiger partial charge in [0.05, 0.1) is 19.6 Å². The molecule has 3 nitrogen and oxygen atoms in total. The van der Waals surface area contributed by atoms with Crippen LogP contribution in [0.5, 0.6) is 5.75 Å². The largest absolute Gasteiger partial charge is 0.496 e. The Morgan fingerprint density at radius 2 is 1.88 bits per heavy atom. The van der Waals surface area contributed by atoms with E-state index < -0.39 is 5.41 Å². The van der Waals surface area contributed by atoms with Crippen molar-refractivity contribution in [3.63, 3.8) is 0 Å². The molecule has 3 heteroatoms. The highest BCUT2D eigenvalue weighted by Gasteiger charge is 2.29. The molecule has 1 rings (SSSR count). The summed E-state index contributed by atoms with van der Waals surface area (Å²) in [6.07, 6.45) is 0.601. The zero-order chi connectivity index (χ0) is 12.2. The molecule has 0 aliphatic heterocycles. The molecule has 0 bridgehead atoms. The Morgan fingerprint density at radius 3 is 2.44 bits per heavy atom. The second-order valence-electron chi connectivity index (χ2n) is 4.36. The maximum atomic E-state index is 11.6. The first-order valence-corrected chi connectivity index (χ1v) is 5.21. The SMILES string of the molecule is COC(=O)C(C)(C)Cc1ccccc1OC. The van der Waals surface area contributed by atoms with E-state index in [1.165, 1.54) is 7.11 Å². The van der Waals surface area contributed by atoms with Crippen molar-refractivity contribution < 1.29 is 14.3 Å². The number of benzene rings is 1. The van der Waals surface area contributed by atoms with Crippen molar-refractivity contribution in [3.8, 4) is 5.75 Å². The predicted molar refractivity (Wildman–Crippen MR) is 62.5 cm³/mol. The molecule has 88 valence electrons. The zero-order valence-electron chi connectivity index (χ0n) is 10.2. The maximum absolute atomic E-state index is 11.6. The molecule has 0 amide bonds. The fraction of sp³-hybridized carbons (Fsp3) is 0.462. The number of para-hydroxylation sites is 1. The lowest BCUT2D eigenvalue weighted by Crippen LogP contribution is -2.28. The molecular weight excluding hydrogens is 204 g/mol. The van der Waals surface area contributed by atoms with E-state index in [0.29, 0.717) is 6.42 Å². The van der Waals surface area contributed by atoms with Crippen molar-refractivity contribution >= 4 is 5.97 Å². The molecule has 0 aliphatic rings. The van der Waals surface area contributed by atoms with Crippen LogP contribution < -0.4 is 4.74 Å². The van der Waals surface area contributed by atoms with Gasteiger partial charge in [-0.15, -0.1) is 0 Å². The van der Waals surface area contributed by atoms with Crippen molar-refractivity contribution in [1.82, 2.24) is 0 Å². The number of methoxy groups -OCH3 is 2. The van der Waals surface area contributed by atoms with E-state index in [-0.39, 0.29) is 5.97 Å². The van der Waals surface area contributed by atoms with Gasteiger partial charge < -0.3 is 9.47 Å². The van der Waals surface area contributed by atoms with Crippen LogP contribution in [0, 0.1) is 5.41 Å². The van der Waals surface area contributed by atoms with Gasteiger partial charge in [-0.3, -0.25) is 4.79 Å². The molecule has 0 heterocycles. The van der Waals surface area contributed by atoms with Gasteiger partial charge in [-0.1, -0.05) is 18.2 Å². The van der Waals surface area contributed by atoms with Crippen LogP contribution in [0.4, 0.5) is 0 Å². The van der Waals surface area contributed by atoms with Crippen LogP contribution in [0.1, 0.15) is 19.4 Å². The Bertz CT molecular complexity index is 369. The number of carbonyl (C=O) groups excluding carboxylic acids is 1. The minimum absolute atomic E-state index is 0.210. The van der Waals surface area contributed by atoms with Crippen LogP contribution >= 0.6 is 0 Å². The van der Waals surface area contributed by atoms with E-state index >= 15 is 0 Å². The Balaban J connectivity index is 2.91. The second kappa shape index (κ2) is 5.01. The summed E-state index contributed by atoms with van der Waals surface area (Å²) in [5.41, 5.74) is 0.476. The molecular formula is C13H18O3. The third-order valence-electron chi connectivity index (χ3n) is 2.56. The molecule has 0 aromatic heterocycles. The Hall–Kier alpha value is -1.51. The number of hydrogen-bond acceptors (Lipinski definition) is 3. The first kappa shape index (κ1) is 12.6. The second-order valence-corrected chi connectivity index (χ2v) is 4.36. The van der Waals surface area contributed by atoms with Gasteiger partial charge in [0.25, 0.3) is 0 Å². The Morgan fingerprint density at radius 1 is 1.25 bits per heavy atom. The Kier molecular flexibility index (Phi) is 3.93. The number of hydrogen-bond donors (Lipinski definition) is 0. The molecule has 0 N–H and O–H groups in total. The van der Waals surface area contributed by atoms with Gasteiger partial charge in [-0.05, 0) is 31.9 Å². The number of rotatable bonds is 4. The summed E-state index contributed by atoms with van der Waals surface area (Å²) >= 11 is 0. The number of ether oxygens (including phenoxy) is 2. The van der Waals surface area contributed by atoms with E-state index in [2.05, 4.69) is 0 Å². The van der Waals surface area contributed by atoms with Crippen molar-refractivity contribution in [1.29, 1.82) is 0 Å². The van der Waals surface area contributed by atoms with E-state index in [0.717, 1.165) is 11.3 Å². The van der Waals surface area contributed by atoms with Gasteiger partial charge in [0, 0.05) is 0 Å². The summed E-state index contributed by atoms with van der Waals surface area (Å²) in [6.45, 7) is 3.73. The van der Waals surface area contributed by atoms with E-state index in [4.69, 9.17) is 9.47 Å². The molecule has 0 spiro atoms. The van der Waals surface area contributed by atoms with Crippen molar-refractivity contribution in [2.75, 3.05) is 14.2 Å². The molecule has 0 fully saturated rings. The lowest BCUT2D eigenvalue weighted by molar-refractivity contribution is -0.150. The van der Waals surface area contributed by atoms with E-state index in [1.54, 1.807) is 7.11 Å². The smallest absolute Gasteiger partial charge is 0.311 e. The monoisotopic (exact) mass is 222 g/mol. The standard InChI is InChI=1S/C13H18O3/c1-13(2,12(14)16-4)9-10-7-5-6-8-11(10)15-3/h5-8H,9H2,1-4H3. The summed E-state index contributed by atoms with van der Waals surface area (Å²) in [7, 11) is 3.04. The third-order valence-corrected chi connectivity index (χ3v) is 2.56. The molecule has 0 saturated heterocycles. The first-order valence-electron chi connectivity index (χ1n) is 5.21. The molecule has 16 heavy (non-hydrogen) atoms. The highest BCUT2D eigenvalue weighted by molar-refractivity contribution is 5.76. The van der Waals surface area contributed by atoms with Gasteiger partial charge in [0.2, 0.25) is 0 Å². The van der Waals surface area contributed by atoms with Gasteiger partial charge in [0.1, 0.15) is 5.75 Å². The average Bonchev–Trinajstić information content (AvgIpc) is 2.28. The highest BCUT2D eigenvalue weighted by atomic mass is 16.5. The fourth-order valence-corrected chi connectivity index (χ4v) is 1.67. The molecule has 1 aromatic rings. The molecule has 0 radical (unpaired) electrons. The Labute approximate surface area is 96.4 Å². The molecule has 0 unspecified atom stereocenters. The summed E-state index contributed by atoms with van der Waals surface area (Å²) in [4.78, 5) is 11.6. The molecule has 0 saturated carbocycles. The van der Waals surface area contributed by atoms with E-state index in [9.17, 15) is 4.79 Å². The van der Waals surface area contributed by atoms with E-state index in [1.807, 2.05) is 38.1 Å². The van der Waals surface area contributed by atoms with Gasteiger partial charge in [-0.2, -0.15) is 0 Å². The highest BCUT2D eigenvalue weighted by Crippen LogP contribution is 2.28. The first-order chi connectivity index (χ1) is 7.51. The lowest BCUT2D eigenvalue weighted by Gasteiger charge is -2.22. The van der Waals surface area contributed by atoms with Gasteiger partial charge in [0.15, 0.2) is 0 Å². The summed E-state index contributed by atoms with van der Waals surface area (Å²) in [6, 6.07) is 7.70. The minimum atomic E-state index is -0.538. The van der Waals surface area contributed by atoms with Crippen LogP contribution in [0.15, 0.2) is 24.3 Å². The van der Waals surface area contributed by atoms with Crippen LogP contribution in [0.3, 0.4) is 0 Å². The predicted octanol–water partition coefficient (Wildman–Crippen LogP) is 2.44. The van der Waals surface area contributed by atoms with Gasteiger partial charge in [-0.25, -0.2) is 0 Å². The fourth-order valence-electron chi connectivity index (χ4n) is 1.67. The summed E-state index contributed by atoms with van der Waals surface area (Å²) < 4.78 is 10.0. The third kappa shape index (κ3) is 2.75. The van der Waals surface area contributed by atoms with Crippen LogP contribution in [-0.2, 0) is 16.0 Å². The number of carbonyl (C=O) groups is 1. The van der Waals surface area contributed by atoms with Crippen LogP contribution in [0.25, 0.3) is 0 Å². The maximum Gasteiger partial charge on any atom is 0.311 e. The quantitative estimate of drug-likeness (QED) is 0.734. The normalized spacial score (nSPS) is 11.0. The van der Waals surface area contributed by atoms with Crippen LogP contribution in [-0.4, -0.2) is 20.2 Å². The summed E-state index contributed by atoms with van der Waals surface area (Å²) in [5, 5.41) is 0. The lowest BCUT2D eigenvalue weighted by atomic mass is 9.85. The van der Waals surface area contributed by atoms with Crippen molar-refractivity contribution in [2.45, 2.75) is 20.3 Å². The van der Waals surface area contributed by atoms with Crippen molar-refractivity contribution in [3.05, 3.63) is 29.8 Å². The topological polar surface area (TPSA) is 35.5 Å². The zero-order valence-corrected chi connectivity index (χ0v) is 10.2. The van der Waals surface area contributed by atoms with Crippen LogP contribution in [0.2, 0.25) is 0 Å². The molecule has 0 atom stereocenters. The average molecular weight is 222 g/mol. The summed E-state index contributed by atoms with van der Waals surface area (Å²) in [5.74, 6) is 0.595. The van der Waals surface area contributed by atoms with Crippen molar-refractivity contribution in [2.24, 2.45) is 5.41 Å². The molecule has 1 aromatic carbocycles. The minimum Gasteiger partial charge on any atom is -0.496 e.